The van der Waals surface area contributed by atoms with Crippen LogP contribution in [0.15, 0.2) is 42.0 Å². The zero-order chi connectivity index (χ0) is 18.1. The minimum atomic E-state index is -0.445. The molecule has 5 heteroatoms. The number of nitrogens with zero attached hydrogens (tertiary/aromatic N) is 2. The molecule has 0 heterocycles. The molecule has 1 N–H and O–H groups in total. The first kappa shape index (κ1) is 18.4. The summed E-state index contributed by atoms with van der Waals surface area (Å²) in [5.74, 6) is 0. The molecule has 4 nitrogen and oxygen atoms in total. The van der Waals surface area contributed by atoms with Gasteiger partial charge in [-0.3, -0.25) is 0 Å². The van der Waals surface area contributed by atoms with Gasteiger partial charge in [-0.2, -0.15) is 10.5 Å². The Hall–Kier alpha value is -2.89. The van der Waals surface area contributed by atoms with E-state index in [1.165, 1.54) is 0 Å². The first-order chi connectivity index (χ1) is 12.2. The minimum absolute atomic E-state index is 0.132. The van der Waals surface area contributed by atoms with Gasteiger partial charge in [-0.15, -0.1) is 0 Å². The van der Waals surface area contributed by atoms with E-state index in [1.807, 2.05) is 42.5 Å². The molecule has 0 amide bonds. The molecule has 0 bridgehead atoms. The Bertz CT molecular complexity index is 830. The topological polar surface area (TPSA) is 68.8 Å². The van der Waals surface area contributed by atoms with Crippen molar-refractivity contribution in [2.45, 2.75) is 13.3 Å². The number of ether oxygens (including phenoxy) is 1. The molecule has 0 spiro atoms. The lowest BCUT2D eigenvalue weighted by Gasteiger charge is -2.09. The van der Waals surface area contributed by atoms with Gasteiger partial charge in [0.1, 0.15) is 24.4 Å². The van der Waals surface area contributed by atoms with E-state index in [1.54, 1.807) is 6.92 Å². The van der Waals surface area contributed by atoms with Crippen molar-refractivity contribution in [2.24, 2.45) is 0 Å². The highest BCUT2D eigenvalue weighted by molar-refractivity contribution is 5.89. The van der Waals surface area contributed by atoms with Crippen molar-refractivity contribution in [3.05, 3.63) is 47.5 Å². The van der Waals surface area contributed by atoms with Crippen molar-refractivity contribution < 1.29 is 9.13 Å². The maximum atomic E-state index is 11.9. The summed E-state index contributed by atoms with van der Waals surface area (Å²) in [6.45, 7) is 2.79. The highest BCUT2D eigenvalue weighted by Gasteiger charge is 2.05. The van der Waals surface area contributed by atoms with Crippen molar-refractivity contribution >= 4 is 22.0 Å². The number of allylic oxidation sites excluding steroid dienone is 2. The predicted molar refractivity (Wildman–Crippen MR) is 97.7 cm³/mol. The van der Waals surface area contributed by atoms with Gasteiger partial charge in [0, 0.05) is 18.8 Å². The Labute approximate surface area is 147 Å². The number of rotatable bonds is 8. The van der Waals surface area contributed by atoms with Gasteiger partial charge >= 0.3 is 0 Å². The van der Waals surface area contributed by atoms with Gasteiger partial charge in [0.05, 0.1) is 6.61 Å². The minimum Gasteiger partial charge on any atom is -0.385 e. The van der Waals surface area contributed by atoms with E-state index >= 15 is 0 Å². The first-order valence-corrected chi connectivity index (χ1v) is 8.12. The van der Waals surface area contributed by atoms with E-state index < -0.39 is 6.67 Å². The average molecular weight is 337 g/mol. The third kappa shape index (κ3) is 5.04. The summed E-state index contributed by atoms with van der Waals surface area (Å²) in [6.07, 6.45) is 0.812. The van der Waals surface area contributed by atoms with E-state index in [9.17, 15) is 4.39 Å². The summed E-state index contributed by atoms with van der Waals surface area (Å²) < 4.78 is 17.0. The maximum absolute atomic E-state index is 11.9. The summed E-state index contributed by atoms with van der Waals surface area (Å²) in [5, 5.41) is 23.4. The van der Waals surface area contributed by atoms with E-state index in [2.05, 4.69) is 11.4 Å². The smallest absolute Gasteiger partial charge is 0.133 e. The standard InChI is InChI=1S/C20H20FN3O/c1-15(19(13-22)14-23)16-3-4-18-12-20(6-5-17(18)11-16)24-8-2-9-25-10-7-21/h3-6,11-12,24H,2,7-10H2,1H3. The molecule has 0 aromatic heterocycles. The Kier molecular flexibility index (Phi) is 6.95. The third-order valence-corrected chi connectivity index (χ3v) is 3.89. The highest BCUT2D eigenvalue weighted by atomic mass is 19.1. The predicted octanol–water partition coefficient (Wildman–Crippen LogP) is 4.45. The van der Waals surface area contributed by atoms with Gasteiger partial charge in [-0.25, -0.2) is 4.39 Å². The molecule has 2 aromatic carbocycles. The fourth-order valence-electron chi connectivity index (χ4n) is 2.49. The van der Waals surface area contributed by atoms with Crippen LogP contribution in [0.2, 0.25) is 0 Å². The number of fused-ring (bicyclic) bond motifs is 1. The molecule has 0 radical (unpaired) electrons. The van der Waals surface area contributed by atoms with Crippen LogP contribution in [0.25, 0.3) is 16.3 Å². The molecule has 2 aromatic rings. The molecule has 2 rings (SSSR count). The lowest BCUT2D eigenvalue weighted by Crippen LogP contribution is -2.06. The van der Waals surface area contributed by atoms with Crippen LogP contribution in [-0.2, 0) is 4.74 Å². The highest BCUT2D eigenvalue weighted by Crippen LogP contribution is 2.25. The number of nitriles is 2. The molecule has 0 saturated carbocycles. The van der Waals surface area contributed by atoms with E-state index in [4.69, 9.17) is 15.3 Å². The summed E-state index contributed by atoms with van der Waals surface area (Å²) in [7, 11) is 0. The van der Waals surface area contributed by atoms with E-state index in [0.717, 1.165) is 35.0 Å². The fourth-order valence-corrected chi connectivity index (χ4v) is 2.49. The van der Waals surface area contributed by atoms with Crippen molar-refractivity contribution in [1.29, 1.82) is 10.5 Å². The molecular formula is C20H20FN3O. The van der Waals surface area contributed by atoms with Crippen LogP contribution in [0.5, 0.6) is 0 Å². The molecule has 0 unspecified atom stereocenters. The summed E-state index contributed by atoms with van der Waals surface area (Å²) in [5.41, 5.74) is 2.69. The van der Waals surface area contributed by atoms with Gasteiger partial charge in [0.2, 0.25) is 0 Å². The number of halogens is 1. The Morgan fingerprint density at radius 1 is 1.08 bits per heavy atom. The Balaban J connectivity index is 2.07. The molecule has 0 aliphatic heterocycles. The molecular weight excluding hydrogens is 317 g/mol. The van der Waals surface area contributed by atoms with Crippen LogP contribution < -0.4 is 5.32 Å². The summed E-state index contributed by atoms with van der Waals surface area (Å²) in [6, 6.07) is 15.8. The second kappa shape index (κ2) is 9.42. The quantitative estimate of drug-likeness (QED) is 0.571. The van der Waals surface area contributed by atoms with Crippen LogP contribution in [-0.4, -0.2) is 26.4 Å². The number of anilines is 1. The fraction of sp³-hybridized carbons (Fsp3) is 0.300. The van der Waals surface area contributed by atoms with Crippen LogP contribution >= 0.6 is 0 Å². The number of hydrogen-bond donors (Lipinski definition) is 1. The second-order valence-electron chi connectivity index (χ2n) is 5.58. The largest absolute Gasteiger partial charge is 0.385 e. The zero-order valence-electron chi connectivity index (χ0n) is 14.2. The normalized spacial score (nSPS) is 10.1. The molecule has 0 fully saturated rings. The van der Waals surface area contributed by atoms with Gasteiger partial charge in [-0.1, -0.05) is 18.2 Å². The first-order valence-electron chi connectivity index (χ1n) is 8.12. The lowest BCUT2D eigenvalue weighted by atomic mass is 9.99. The van der Waals surface area contributed by atoms with Gasteiger partial charge in [0.25, 0.3) is 0 Å². The molecule has 25 heavy (non-hydrogen) atoms. The van der Waals surface area contributed by atoms with Gasteiger partial charge < -0.3 is 10.1 Å². The SMILES string of the molecule is CC(=C(C#N)C#N)c1ccc2cc(NCCCOCCF)ccc2c1. The van der Waals surface area contributed by atoms with Crippen molar-refractivity contribution in [3.63, 3.8) is 0 Å². The molecule has 0 atom stereocenters. The molecule has 0 saturated heterocycles. The van der Waals surface area contributed by atoms with Crippen molar-refractivity contribution in [3.8, 4) is 12.1 Å². The van der Waals surface area contributed by atoms with Gasteiger partial charge in [-0.05, 0) is 53.5 Å². The van der Waals surface area contributed by atoms with Crippen molar-refractivity contribution in [2.75, 3.05) is 31.7 Å². The van der Waals surface area contributed by atoms with Gasteiger partial charge in [0.15, 0.2) is 0 Å². The maximum Gasteiger partial charge on any atom is 0.133 e. The van der Waals surface area contributed by atoms with Crippen LogP contribution in [0.4, 0.5) is 10.1 Å². The van der Waals surface area contributed by atoms with Crippen molar-refractivity contribution in [1.82, 2.24) is 0 Å². The van der Waals surface area contributed by atoms with Crippen LogP contribution in [0.3, 0.4) is 0 Å². The number of hydrogen-bond acceptors (Lipinski definition) is 4. The lowest BCUT2D eigenvalue weighted by molar-refractivity contribution is 0.119. The number of alkyl halides is 1. The molecule has 128 valence electrons. The number of nitrogens with one attached hydrogen (secondary N) is 1. The van der Waals surface area contributed by atoms with Crippen LogP contribution in [0.1, 0.15) is 18.9 Å². The molecule has 0 aliphatic carbocycles. The summed E-state index contributed by atoms with van der Waals surface area (Å²) in [4.78, 5) is 0. The monoisotopic (exact) mass is 337 g/mol. The van der Waals surface area contributed by atoms with Crippen LogP contribution in [0, 0.1) is 22.7 Å². The molecule has 0 aliphatic rings. The Morgan fingerprint density at radius 3 is 2.52 bits per heavy atom. The zero-order valence-corrected chi connectivity index (χ0v) is 14.2. The third-order valence-electron chi connectivity index (χ3n) is 3.89. The number of benzene rings is 2. The Morgan fingerprint density at radius 2 is 1.80 bits per heavy atom. The average Bonchev–Trinajstić information content (AvgIpc) is 2.65. The van der Waals surface area contributed by atoms with E-state index in [-0.39, 0.29) is 12.2 Å². The second-order valence-corrected chi connectivity index (χ2v) is 5.58. The summed E-state index contributed by atoms with van der Waals surface area (Å²) >= 11 is 0. The van der Waals surface area contributed by atoms with E-state index in [0.29, 0.717) is 12.2 Å².